The van der Waals surface area contributed by atoms with Gasteiger partial charge in [-0.2, -0.15) is 5.26 Å². The molecule has 1 atom stereocenters. The summed E-state index contributed by atoms with van der Waals surface area (Å²) in [4.78, 5) is 13.5. The van der Waals surface area contributed by atoms with Gasteiger partial charge in [0.25, 0.3) is 0 Å². The molecule has 0 spiro atoms. The fourth-order valence-electron chi connectivity index (χ4n) is 1.92. The third kappa shape index (κ3) is 4.92. The van der Waals surface area contributed by atoms with Crippen LogP contribution < -0.4 is 0 Å². The lowest BCUT2D eigenvalue weighted by Gasteiger charge is -2.34. The summed E-state index contributed by atoms with van der Waals surface area (Å²) in [5.74, 6) is 0. The Morgan fingerprint density at radius 1 is 1.37 bits per heavy atom. The third-order valence-electron chi connectivity index (χ3n) is 2.50. The SMILES string of the molecule is CC(C)(C)OC(=O)N1CCC(C#N)(OS(C)(C)C)C1. The summed E-state index contributed by atoms with van der Waals surface area (Å²) >= 11 is 0. The fraction of sp³-hybridized carbons (Fsp3) is 0.846. The number of ether oxygens (including phenoxy) is 1. The normalized spacial score (nSPS) is 25.0. The van der Waals surface area contributed by atoms with E-state index in [9.17, 15) is 10.1 Å². The lowest BCUT2D eigenvalue weighted by molar-refractivity contribution is 0.0260. The summed E-state index contributed by atoms with van der Waals surface area (Å²) in [5.41, 5.74) is -1.41. The highest BCUT2D eigenvalue weighted by Gasteiger charge is 2.44. The first-order chi connectivity index (χ1) is 8.46. The van der Waals surface area contributed by atoms with E-state index in [4.69, 9.17) is 8.92 Å². The molecular weight excluding hydrogens is 264 g/mol. The van der Waals surface area contributed by atoms with Crippen LogP contribution in [-0.4, -0.2) is 54.1 Å². The molecule has 0 saturated carbocycles. The molecular formula is C13H24N2O3S. The molecule has 110 valence electrons. The molecule has 0 bridgehead atoms. The Balaban J connectivity index is 2.71. The van der Waals surface area contributed by atoms with Crippen LogP contribution in [0, 0.1) is 11.3 Å². The molecule has 0 radical (unpaired) electrons. The molecule has 1 rings (SSSR count). The summed E-state index contributed by atoms with van der Waals surface area (Å²) in [6.45, 7) is 6.26. The summed E-state index contributed by atoms with van der Waals surface area (Å²) < 4.78 is 11.2. The van der Waals surface area contributed by atoms with Crippen molar-refractivity contribution in [3.05, 3.63) is 0 Å². The van der Waals surface area contributed by atoms with Gasteiger partial charge in [-0.25, -0.2) is 4.79 Å². The minimum atomic E-state index is -1.26. The van der Waals surface area contributed by atoms with Crippen LogP contribution >= 0.6 is 10.3 Å². The van der Waals surface area contributed by atoms with E-state index >= 15 is 0 Å². The number of carbonyl (C=O) groups is 1. The molecule has 5 nitrogen and oxygen atoms in total. The van der Waals surface area contributed by atoms with Gasteiger partial charge in [-0.1, -0.05) is 0 Å². The maximum absolute atomic E-state index is 12.0. The standard InChI is InChI=1S/C13H24N2O3S/c1-12(2,3)17-11(16)15-8-7-13(9-14,10-15)18-19(4,5)6/h7-8,10H2,1-6H3. The van der Waals surface area contributed by atoms with Crippen molar-refractivity contribution in [1.29, 1.82) is 5.26 Å². The first kappa shape index (κ1) is 16.1. The quantitative estimate of drug-likeness (QED) is 0.783. The topological polar surface area (TPSA) is 62.6 Å². The van der Waals surface area contributed by atoms with Crippen LogP contribution in [0.4, 0.5) is 4.79 Å². The molecule has 1 fully saturated rings. The van der Waals surface area contributed by atoms with Gasteiger partial charge >= 0.3 is 6.09 Å². The molecule has 1 saturated heterocycles. The molecule has 19 heavy (non-hydrogen) atoms. The van der Waals surface area contributed by atoms with Gasteiger partial charge in [0.1, 0.15) is 11.7 Å². The summed E-state index contributed by atoms with van der Waals surface area (Å²) in [6.07, 6.45) is 6.12. The van der Waals surface area contributed by atoms with Crippen LogP contribution in [-0.2, 0) is 8.92 Å². The van der Waals surface area contributed by atoms with Crippen LogP contribution in [0.1, 0.15) is 27.2 Å². The van der Waals surface area contributed by atoms with Crippen LogP contribution in [0.25, 0.3) is 0 Å². The maximum Gasteiger partial charge on any atom is 0.410 e. The van der Waals surface area contributed by atoms with Crippen molar-refractivity contribution in [3.63, 3.8) is 0 Å². The van der Waals surface area contributed by atoms with E-state index in [2.05, 4.69) is 6.07 Å². The molecule has 1 heterocycles. The number of likely N-dealkylation sites (tertiary alicyclic amines) is 1. The zero-order valence-corrected chi connectivity index (χ0v) is 13.5. The molecule has 1 aliphatic rings. The molecule has 1 amide bonds. The summed E-state index contributed by atoms with van der Waals surface area (Å²) in [6, 6.07) is 2.23. The van der Waals surface area contributed by atoms with Gasteiger partial charge in [0.2, 0.25) is 0 Å². The van der Waals surface area contributed by atoms with Crippen molar-refractivity contribution in [2.24, 2.45) is 0 Å². The monoisotopic (exact) mass is 288 g/mol. The number of hydrogen-bond donors (Lipinski definition) is 0. The number of nitriles is 1. The molecule has 0 aromatic carbocycles. The number of amides is 1. The van der Waals surface area contributed by atoms with E-state index in [0.29, 0.717) is 13.0 Å². The molecule has 0 aromatic rings. The van der Waals surface area contributed by atoms with Gasteiger partial charge in [-0.05, 0) is 39.5 Å². The predicted octanol–water partition coefficient (Wildman–Crippen LogP) is 2.52. The Morgan fingerprint density at radius 2 is 1.95 bits per heavy atom. The van der Waals surface area contributed by atoms with Crippen molar-refractivity contribution >= 4 is 16.4 Å². The molecule has 6 heteroatoms. The van der Waals surface area contributed by atoms with Crippen molar-refractivity contribution in [2.45, 2.75) is 38.4 Å². The maximum atomic E-state index is 12.0. The van der Waals surface area contributed by atoms with Gasteiger partial charge in [-0.3, -0.25) is 0 Å². The van der Waals surface area contributed by atoms with Gasteiger partial charge in [0, 0.05) is 13.0 Å². The first-order valence-electron chi connectivity index (χ1n) is 6.24. The minimum absolute atomic E-state index is 0.280. The molecule has 1 unspecified atom stereocenters. The molecule has 0 N–H and O–H groups in total. The average molecular weight is 288 g/mol. The number of nitrogens with zero attached hydrogens (tertiary/aromatic N) is 2. The van der Waals surface area contributed by atoms with E-state index in [1.54, 1.807) is 4.90 Å². The predicted molar refractivity (Wildman–Crippen MR) is 77.2 cm³/mol. The highest BCUT2D eigenvalue weighted by Crippen LogP contribution is 2.44. The third-order valence-corrected chi connectivity index (χ3v) is 3.32. The molecule has 1 aliphatic heterocycles. The zero-order valence-electron chi connectivity index (χ0n) is 12.6. The van der Waals surface area contributed by atoms with Crippen molar-refractivity contribution < 1.29 is 13.7 Å². The average Bonchev–Trinajstić information content (AvgIpc) is 2.57. The second kappa shape index (κ2) is 5.22. The van der Waals surface area contributed by atoms with E-state index in [1.807, 2.05) is 39.5 Å². The Bertz CT molecular complexity index is 392. The Hall–Kier alpha value is -0.930. The fourth-order valence-corrected chi connectivity index (χ4v) is 3.05. The highest BCUT2D eigenvalue weighted by atomic mass is 32.3. The number of rotatable bonds is 2. The van der Waals surface area contributed by atoms with Crippen LogP contribution in [0.3, 0.4) is 0 Å². The zero-order chi connectivity index (χ0) is 14.9. The van der Waals surface area contributed by atoms with E-state index in [0.717, 1.165) is 0 Å². The molecule has 0 aromatic heterocycles. The highest BCUT2D eigenvalue weighted by molar-refractivity contribution is 8.28. The smallest absolute Gasteiger partial charge is 0.410 e. The van der Waals surface area contributed by atoms with E-state index < -0.39 is 21.5 Å². The Kier molecular flexibility index (Phi) is 4.43. The largest absolute Gasteiger partial charge is 0.444 e. The van der Waals surface area contributed by atoms with Gasteiger partial charge in [0.15, 0.2) is 5.60 Å². The van der Waals surface area contributed by atoms with Gasteiger partial charge in [-0.15, -0.1) is 10.3 Å². The van der Waals surface area contributed by atoms with Crippen LogP contribution in [0.5, 0.6) is 0 Å². The minimum Gasteiger partial charge on any atom is -0.444 e. The lowest BCUT2D eigenvalue weighted by Crippen LogP contribution is -2.40. The van der Waals surface area contributed by atoms with Crippen LogP contribution in [0.15, 0.2) is 0 Å². The second-order valence-electron chi connectivity index (χ2n) is 6.57. The van der Waals surface area contributed by atoms with Crippen molar-refractivity contribution in [3.8, 4) is 6.07 Å². The van der Waals surface area contributed by atoms with E-state index in [-0.39, 0.29) is 12.6 Å². The summed E-state index contributed by atoms with van der Waals surface area (Å²) in [5, 5.41) is 9.37. The van der Waals surface area contributed by atoms with Crippen LogP contribution in [0.2, 0.25) is 0 Å². The lowest BCUT2D eigenvalue weighted by atomic mass is 10.1. The first-order valence-corrected chi connectivity index (χ1v) is 9.03. The van der Waals surface area contributed by atoms with Crippen molar-refractivity contribution in [2.75, 3.05) is 31.9 Å². The second-order valence-corrected chi connectivity index (χ2v) is 10.2. The Morgan fingerprint density at radius 3 is 2.37 bits per heavy atom. The van der Waals surface area contributed by atoms with Gasteiger partial charge in [0.05, 0.1) is 6.54 Å². The van der Waals surface area contributed by atoms with Gasteiger partial charge < -0.3 is 13.8 Å². The van der Waals surface area contributed by atoms with E-state index in [1.165, 1.54) is 0 Å². The Labute approximate surface area is 117 Å². The number of carbonyl (C=O) groups excluding carboxylic acids is 1. The summed E-state index contributed by atoms with van der Waals surface area (Å²) in [7, 11) is -1.26. The number of hydrogen-bond acceptors (Lipinski definition) is 4. The van der Waals surface area contributed by atoms with Crippen molar-refractivity contribution in [1.82, 2.24) is 4.90 Å². The molecule has 0 aliphatic carbocycles.